The molecule has 6 heteroatoms. The Morgan fingerprint density at radius 2 is 1.79 bits per heavy atom. The third kappa shape index (κ3) is 9.10. The molecular weight excluding hydrogens is 415 g/mol. The maximum absolute atomic E-state index is 11.8. The Kier molecular flexibility index (Phi) is 10.7. The lowest BCUT2D eigenvalue weighted by Gasteiger charge is -2.22. The summed E-state index contributed by atoms with van der Waals surface area (Å²) in [5, 5.41) is 9.26. The van der Waals surface area contributed by atoms with Crippen LogP contribution in [0.2, 0.25) is 0 Å². The lowest BCUT2D eigenvalue weighted by atomic mass is 9.97. The van der Waals surface area contributed by atoms with E-state index in [9.17, 15) is 4.79 Å². The van der Waals surface area contributed by atoms with Crippen LogP contribution in [0.4, 0.5) is 0 Å². The minimum absolute atomic E-state index is 0. The van der Waals surface area contributed by atoms with Gasteiger partial charge in [0.25, 0.3) is 0 Å². The molecular formula is C18H31IN4O. The van der Waals surface area contributed by atoms with Gasteiger partial charge in [0.2, 0.25) is 5.91 Å². The van der Waals surface area contributed by atoms with E-state index >= 15 is 0 Å². The van der Waals surface area contributed by atoms with Gasteiger partial charge in [0.15, 0.2) is 5.96 Å². The van der Waals surface area contributed by atoms with E-state index in [1.165, 1.54) is 5.56 Å². The average Bonchev–Trinajstić information content (AvgIpc) is 2.50. The van der Waals surface area contributed by atoms with Gasteiger partial charge in [-0.05, 0) is 32.8 Å². The highest BCUT2D eigenvalue weighted by Crippen LogP contribution is 2.17. The van der Waals surface area contributed by atoms with Gasteiger partial charge in [0, 0.05) is 25.0 Å². The molecule has 0 aliphatic heterocycles. The molecule has 0 aromatic heterocycles. The zero-order valence-corrected chi connectivity index (χ0v) is 17.7. The summed E-state index contributed by atoms with van der Waals surface area (Å²) in [6.07, 6.45) is 1.04. The fourth-order valence-corrected chi connectivity index (χ4v) is 2.29. The van der Waals surface area contributed by atoms with Crippen LogP contribution in [0.15, 0.2) is 35.3 Å². The number of nitrogens with one attached hydrogen (secondary N) is 3. The first-order valence-corrected chi connectivity index (χ1v) is 8.16. The van der Waals surface area contributed by atoms with Gasteiger partial charge in [0.05, 0.1) is 6.54 Å². The zero-order valence-electron chi connectivity index (χ0n) is 15.3. The van der Waals surface area contributed by atoms with Gasteiger partial charge >= 0.3 is 0 Å². The Morgan fingerprint density at radius 1 is 1.17 bits per heavy atom. The smallest absolute Gasteiger partial charge is 0.239 e. The fourth-order valence-electron chi connectivity index (χ4n) is 2.29. The molecule has 1 aromatic carbocycles. The molecule has 0 saturated heterocycles. The number of hydrogen-bond acceptors (Lipinski definition) is 2. The molecule has 0 aliphatic carbocycles. The second kappa shape index (κ2) is 11.3. The van der Waals surface area contributed by atoms with Crippen molar-refractivity contribution in [1.82, 2.24) is 16.0 Å². The van der Waals surface area contributed by atoms with Crippen molar-refractivity contribution in [3.05, 3.63) is 35.9 Å². The first-order chi connectivity index (χ1) is 10.9. The van der Waals surface area contributed by atoms with Crippen molar-refractivity contribution in [2.75, 3.05) is 20.1 Å². The number of carbonyl (C=O) groups is 1. The van der Waals surface area contributed by atoms with Crippen LogP contribution in [0.5, 0.6) is 0 Å². The Balaban J connectivity index is 0.00000529. The van der Waals surface area contributed by atoms with E-state index in [1.54, 1.807) is 7.05 Å². The SMILES string of the molecule is CCC(CNC(=NC)NCC(=O)NC(C)(C)C)c1ccccc1.I. The monoisotopic (exact) mass is 446 g/mol. The average molecular weight is 446 g/mol. The van der Waals surface area contributed by atoms with Crippen LogP contribution in [0.3, 0.4) is 0 Å². The first kappa shape index (κ1) is 22.7. The lowest BCUT2D eigenvalue weighted by molar-refractivity contribution is -0.121. The molecule has 0 fully saturated rings. The van der Waals surface area contributed by atoms with E-state index in [0.717, 1.165) is 13.0 Å². The Morgan fingerprint density at radius 3 is 2.29 bits per heavy atom. The van der Waals surface area contributed by atoms with Crippen LogP contribution in [0.1, 0.15) is 45.6 Å². The largest absolute Gasteiger partial charge is 0.356 e. The number of rotatable bonds is 6. The van der Waals surface area contributed by atoms with Crippen LogP contribution in [-0.4, -0.2) is 37.5 Å². The summed E-state index contributed by atoms with van der Waals surface area (Å²) in [5.41, 5.74) is 1.08. The molecule has 0 saturated carbocycles. The predicted molar refractivity (Wildman–Crippen MR) is 112 cm³/mol. The number of aliphatic imine (C=N–C) groups is 1. The molecule has 1 amide bonds. The molecule has 0 aliphatic rings. The number of benzene rings is 1. The number of nitrogens with zero attached hydrogens (tertiary/aromatic N) is 1. The highest BCUT2D eigenvalue weighted by molar-refractivity contribution is 14.0. The van der Waals surface area contributed by atoms with Crippen molar-refractivity contribution in [3.63, 3.8) is 0 Å². The second-order valence-electron chi connectivity index (χ2n) is 6.62. The molecule has 1 atom stereocenters. The van der Waals surface area contributed by atoms with Crippen molar-refractivity contribution in [2.45, 2.75) is 45.6 Å². The van der Waals surface area contributed by atoms with Crippen LogP contribution in [0, 0.1) is 0 Å². The zero-order chi connectivity index (χ0) is 17.3. The van der Waals surface area contributed by atoms with E-state index < -0.39 is 0 Å². The van der Waals surface area contributed by atoms with Gasteiger partial charge < -0.3 is 16.0 Å². The first-order valence-electron chi connectivity index (χ1n) is 8.16. The van der Waals surface area contributed by atoms with Crippen molar-refractivity contribution in [1.29, 1.82) is 0 Å². The third-order valence-corrected chi connectivity index (χ3v) is 3.43. The van der Waals surface area contributed by atoms with Crippen LogP contribution >= 0.6 is 24.0 Å². The highest BCUT2D eigenvalue weighted by atomic mass is 127. The van der Waals surface area contributed by atoms with E-state index in [4.69, 9.17) is 0 Å². The van der Waals surface area contributed by atoms with Gasteiger partial charge in [-0.3, -0.25) is 9.79 Å². The molecule has 0 radical (unpaired) electrons. The normalized spacial score (nSPS) is 12.8. The molecule has 5 nitrogen and oxygen atoms in total. The molecule has 1 rings (SSSR count). The van der Waals surface area contributed by atoms with Crippen molar-refractivity contribution in [2.24, 2.45) is 4.99 Å². The predicted octanol–water partition coefficient (Wildman–Crippen LogP) is 2.88. The summed E-state index contributed by atoms with van der Waals surface area (Å²) >= 11 is 0. The van der Waals surface area contributed by atoms with Gasteiger partial charge in [0.1, 0.15) is 0 Å². The van der Waals surface area contributed by atoms with E-state index in [-0.39, 0.29) is 42.0 Å². The molecule has 1 aromatic rings. The number of hydrogen-bond donors (Lipinski definition) is 3. The molecule has 0 heterocycles. The summed E-state index contributed by atoms with van der Waals surface area (Å²) < 4.78 is 0. The molecule has 3 N–H and O–H groups in total. The minimum Gasteiger partial charge on any atom is -0.356 e. The molecule has 1 unspecified atom stereocenters. The van der Waals surface area contributed by atoms with Gasteiger partial charge in [-0.1, -0.05) is 37.3 Å². The quantitative estimate of drug-likeness (QED) is 0.358. The summed E-state index contributed by atoms with van der Waals surface area (Å²) in [5.74, 6) is 1.01. The van der Waals surface area contributed by atoms with Crippen molar-refractivity contribution in [3.8, 4) is 0 Å². The summed E-state index contributed by atoms with van der Waals surface area (Å²) in [7, 11) is 1.71. The minimum atomic E-state index is -0.226. The maximum Gasteiger partial charge on any atom is 0.239 e. The van der Waals surface area contributed by atoms with Crippen molar-refractivity contribution >= 4 is 35.8 Å². The van der Waals surface area contributed by atoms with Gasteiger partial charge in [-0.2, -0.15) is 0 Å². The Bertz CT molecular complexity index is 512. The van der Waals surface area contributed by atoms with Crippen molar-refractivity contribution < 1.29 is 4.79 Å². The Hall–Kier alpha value is -1.31. The van der Waals surface area contributed by atoms with E-state index in [0.29, 0.717) is 11.9 Å². The van der Waals surface area contributed by atoms with E-state index in [2.05, 4.69) is 52.1 Å². The third-order valence-electron chi connectivity index (χ3n) is 3.43. The summed E-state index contributed by atoms with van der Waals surface area (Å²) in [6.45, 7) is 9.05. The summed E-state index contributed by atoms with van der Waals surface area (Å²) in [6, 6.07) is 10.4. The molecule has 0 bridgehead atoms. The van der Waals surface area contributed by atoms with E-state index in [1.807, 2.05) is 26.8 Å². The second-order valence-corrected chi connectivity index (χ2v) is 6.62. The van der Waals surface area contributed by atoms with Gasteiger partial charge in [-0.15, -0.1) is 24.0 Å². The van der Waals surface area contributed by atoms with Crippen LogP contribution in [0.25, 0.3) is 0 Å². The summed E-state index contributed by atoms with van der Waals surface area (Å²) in [4.78, 5) is 16.0. The highest BCUT2D eigenvalue weighted by Gasteiger charge is 2.14. The molecule has 24 heavy (non-hydrogen) atoms. The maximum atomic E-state index is 11.8. The lowest BCUT2D eigenvalue weighted by Crippen LogP contribution is -2.48. The number of carbonyl (C=O) groups excluding carboxylic acids is 1. The molecule has 136 valence electrons. The number of guanidine groups is 1. The topological polar surface area (TPSA) is 65.5 Å². The number of amides is 1. The molecule has 0 spiro atoms. The van der Waals surface area contributed by atoms with Crippen LogP contribution in [-0.2, 0) is 4.79 Å². The van der Waals surface area contributed by atoms with Gasteiger partial charge in [-0.25, -0.2) is 0 Å². The van der Waals surface area contributed by atoms with Crippen LogP contribution < -0.4 is 16.0 Å². The standard InChI is InChI=1S/C18H30N4O.HI/c1-6-14(15-10-8-7-9-11-15)12-20-17(19-5)21-13-16(23)22-18(2,3)4;/h7-11,14H,6,12-13H2,1-5H3,(H,22,23)(H2,19,20,21);1H. The Labute approximate surface area is 163 Å². The number of halogens is 1. The fraction of sp³-hybridized carbons (Fsp3) is 0.556.